The number of aryl methyl sites for hydroxylation is 1. The molecule has 0 aliphatic rings. The summed E-state index contributed by atoms with van der Waals surface area (Å²) in [5.41, 5.74) is 1.20. The Morgan fingerprint density at radius 2 is 1.95 bits per heavy atom. The summed E-state index contributed by atoms with van der Waals surface area (Å²) in [5.74, 6) is 0.857. The lowest BCUT2D eigenvalue weighted by atomic mass is 10.1. The van der Waals surface area contributed by atoms with Gasteiger partial charge < -0.3 is 9.84 Å². The van der Waals surface area contributed by atoms with Gasteiger partial charge >= 0.3 is 0 Å². The van der Waals surface area contributed by atoms with E-state index in [2.05, 4.69) is 31.9 Å². The largest absolute Gasteiger partial charge is 0.497 e. The lowest BCUT2D eigenvalue weighted by molar-refractivity contribution is 0.171. The van der Waals surface area contributed by atoms with Crippen molar-refractivity contribution in [3.8, 4) is 5.75 Å². The average molecular weight is 406 g/mol. The highest BCUT2D eigenvalue weighted by Crippen LogP contribution is 2.36. The Hall–Kier alpha value is -0.360. The third-order valence-electron chi connectivity index (χ3n) is 2.86. The fourth-order valence-corrected chi connectivity index (χ4v) is 3.88. The van der Waals surface area contributed by atoms with Gasteiger partial charge in [-0.15, -0.1) is 11.3 Å². The predicted molar refractivity (Wildman–Crippen MR) is 86.0 cm³/mol. The first-order valence-electron chi connectivity index (χ1n) is 5.86. The van der Waals surface area contributed by atoms with Crippen LogP contribution in [0.1, 0.15) is 23.0 Å². The van der Waals surface area contributed by atoms with Gasteiger partial charge in [0, 0.05) is 9.35 Å². The Balaban J connectivity index is 1.94. The summed E-state index contributed by atoms with van der Waals surface area (Å²) in [6.07, 6.45) is 1.14. The zero-order chi connectivity index (χ0) is 13.8. The SMILES string of the molecule is COc1ccc(CCC(O)c2cc(Br)c(Br)s2)cc1. The van der Waals surface area contributed by atoms with Crippen molar-refractivity contribution in [3.63, 3.8) is 0 Å². The molecule has 0 saturated carbocycles. The summed E-state index contributed by atoms with van der Waals surface area (Å²) >= 11 is 8.44. The molecule has 0 saturated heterocycles. The third-order valence-corrected chi connectivity index (χ3v) is 6.22. The number of ether oxygens (including phenoxy) is 1. The number of aliphatic hydroxyl groups is 1. The lowest BCUT2D eigenvalue weighted by Gasteiger charge is -2.08. The van der Waals surface area contributed by atoms with Crippen molar-refractivity contribution >= 4 is 43.2 Å². The number of benzene rings is 1. The van der Waals surface area contributed by atoms with Gasteiger partial charge in [0.15, 0.2) is 0 Å². The second-order valence-corrected chi connectivity index (χ2v) is 7.43. The third kappa shape index (κ3) is 4.05. The van der Waals surface area contributed by atoms with E-state index < -0.39 is 6.10 Å². The van der Waals surface area contributed by atoms with Gasteiger partial charge in [-0.1, -0.05) is 12.1 Å². The smallest absolute Gasteiger partial charge is 0.118 e. The van der Waals surface area contributed by atoms with E-state index >= 15 is 0 Å². The molecule has 0 aliphatic heterocycles. The van der Waals surface area contributed by atoms with E-state index in [9.17, 15) is 5.11 Å². The molecule has 1 N–H and O–H groups in total. The quantitative estimate of drug-likeness (QED) is 0.762. The molecule has 19 heavy (non-hydrogen) atoms. The summed E-state index contributed by atoms with van der Waals surface area (Å²) in [5, 5.41) is 10.2. The molecule has 0 bridgehead atoms. The van der Waals surface area contributed by atoms with E-state index in [0.29, 0.717) is 6.42 Å². The minimum atomic E-state index is -0.422. The van der Waals surface area contributed by atoms with Crippen LogP contribution in [0.4, 0.5) is 0 Å². The molecule has 5 heteroatoms. The van der Waals surface area contributed by atoms with Crippen molar-refractivity contribution in [2.75, 3.05) is 7.11 Å². The van der Waals surface area contributed by atoms with E-state index in [-0.39, 0.29) is 0 Å². The van der Waals surface area contributed by atoms with Crippen molar-refractivity contribution in [2.45, 2.75) is 18.9 Å². The molecule has 1 aromatic carbocycles. The van der Waals surface area contributed by atoms with Gasteiger partial charge in [-0.25, -0.2) is 0 Å². The molecule has 0 aliphatic carbocycles. The molecule has 0 fully saturated rings. The van der Waals surface area contributed by atoms with Crippen LogP contribution in [-0.4, -0.2) is 12.2 Å². The zero-order valence-electron chi connectivity index (χ0n) is 10.4. The van der Waals surface area contributed by atoms with Crippen LogP contribution >= 0.6 is 43.2 Å². The van der Waals surface area contributed by atoms with Crippen LogP contribution in [0.5, 0.6) is 5.75 Å². The Labute approximate surface area is 133 Å². The summed E-state index contributed by atoms with van der Waals surface area (Å²) in [7, 11) is 1.66. The Morgan fingerprint density at radius 1 is 1.26 bits per heavy atom. The standard InChI is InChI=1S/C14H14Br2O2S/c1-18-10-5-2-9(3-6-10)4-7-12(17)13-8-11(15)14(16)19-13/h2-3,5-6,8,12,17H,4,7H2,1H3. The second-order valence-electron chi connectivity index (χ2n) is 4.17. The van der Waals surface area contributed by atoms with Crippen LogP contribution in [0.3, 0.4) is 0 Å². The van der Waals surface area contributed by atoms with E-state index in [1.807, 2.05) is 30.3 Å². The van der Waals surface area contributed by atoms with Gasteiger partial charge in [0.25, 0.3) is 0 Å². The molecule has 0 amide bonds. The van der Waals surface area contributed by atoms with E-state index in [4.69, 9.17) is 4.74 Å². The molecule has 102 valence electrons. The first kappa shape index (κ1) is 15.0. The lowest BCUT2D eigenvalue weighted by Crippen LogP contribution is -1.97. The minimum Gasteiger partial charge on any atom is -0.497 e. The maximum absolute atomic E-state index is 10.2. The van der Waals surface area contributed by atoms with Gasteiger partial charge in [0.05, 0.1) is 17.0 Å². The number of methoxy groups -OCH3 is 1. The molecule has 1 heterocycles. The molecule has 0 spiro atoms. The second kappa shape index (κ2) is 6.88. The van der Waals surface area contributed by atoms with Gasteiger partial charge in [-0.3, -0.25) is 0 Å². The fourth-order valence-electron chi connectivity index (χ4n) is 1.77. The van der Waals surface area contributed by atoms with Crippen molar-refractivity contribution in [3.05, 3.63) is 49.0 Å². The molecule has 1 unspecified atom stereocenters. The van der Waals surface area contributed by atoms with E-state index in [0.717, 1.165) is 25.3 Å². The van der Waals surface area contributed by atoms with Crippen LogP contribution in [0.2, 0.25) is 0 Å². The van der Waals surface area contributed by atoms with Gasteiger partial charge in [0.2, 0.25) is 0 Å². The van der Waals surface area contributed by atoms with Crippen molar-refractivity contribution in [1.29, 1.82) is 0 Å². The van der Waals surface area contributed by atoms with Crippen molar-refractivity contribution in [1.82, 2.24) is 0 Å². The summed E-state index contributed by atoms with van der Waals surface area (Å²) in [4.78, 5) is 0.979. The zero-order valence-corrected chi connectivity index (χ0v) is 14.4. The number of halogens is 2. The molecular formula is C14H14Br2O2S. The van der Waals surface area contributed by atoms with Crippen molar-refractivity contribution < 1.29 is 9.84 Å². The van der Waals surface area contributed by atoms with E-state index in [1.165, 1.54) is 5.56 Å². The molecule has 2 aromatic rings. The van der Waals surface area contributed by atoms with Gasteiger partial charge in [-0.05, 0) is 68.5 Å². The molecule has 1 aromatic heterocycles. The van der Waals surface area contributed by atoms with Crippen molar-refractivity contribution in [2.24, 2.45) is 0 Å². The Bertz CT molecular complexity index is 517. The topological polar surface area (TPSA) is 29.5 Å². The molecule has 2 rings (SSSR count). The monoisotopic (exact) mass is 404 g/mol. The highest BCUT2D eigenvalue weighted by Gasteiger charge is 2.13. The fraction of sp³-hybridized carbons (Fsp3) is 0.286. The molecule has 1 atom stereocenters. The van der Waals surface area contributed by atoms with Gasteiger partial charge in [-0.2, -0.15) is 0 Å². The molecular weight excluding hydrogens is 392 g/mol. The summed E-state index contributed by atoms with van der Waals surface area (Å²) in [6.45, 7) is 0. The molecule has 0 radical (unpaired) electrons. The number of hydrogen-bond acceptors (Lipinski definition) is 3. The number of hydrogen-bond donors (Lipinski definition) is 1. The van der Waals surface area contributed by atoms with Crippen LogP contribution < -0.4 is 4.74 Å². The minimum absolute atomic E-state index is 0.422. The van der Waals surface area contributed by atoms with Gasteiger partial charge in [0.1, 0.15) is 5.75 Å². The van der Waals surface area contributed by atoms with Crippen LogP contribution in [0, 0.1) is 0 Å². The Morgan fingerprint density at radius 3 is 2.47 bits per heavy atom. The number of thiophene rings is 1. The maximum Gasteiger partial charge on any atom is 0.118 e. The summed E-state index contributed by atoms with van der Waals surface area (Å²) in [6, 6.07) is 9.92. The van der Waals surface area contributed by atoms with Crippen LogP contribution in [-0.2, 0) is 6.42 Å². The highest BCUT2D eigenvalue weighted by molar-refractivity contribution is 9.13. The van der Waals surface area contributed by atoms with Crippen LogP contribution in [0.15, 0.2) is 38.6 Å². The number of rotatable bonds is 5. The normalized spacial score (nSPS) is 12.4. The average Bonchev–Trinajstić information content (AvgIpc) is 2.77. The van der Waals surface area contributed by atoms with E-state index in [1.54, 1.807) is 18.4 Å². The molecule has 2 nitrogen and oxygen atoms in total. The first-order valence-corrected chi connectivity index (χ1v) is 8.26. The predicted octanol–water partition coefficient (Wildman–Crippen LogP) is 4.95. The summed E-state index contributed by atoms with van der Waals surface area (Å²) < 4.78 is 7.14. The first-order chi connectivity index (χ1) is 9.10. The maximum atomic E-state index is 10.2. The van der Waals surface area contributed by atoms with Crippen LogP contribution in [0.25, 0.3) is 0 Å². The highest BCUT2D eigenvalue weighted by atomic mass is 79.9. The Kier molecular flexibility index (Phi) is 5.45. The number of aliphatic hydroxyl groups excluding tert-OH is 1.